The van der Waals surface area contributed by atoms with Crippen LogP contribution in [0.25, 0.3) is 16.9 Å². The normalized spacial score (nSPS) is 13.6. The Morgan fingerprint density at radius 1 is 1.04 bits per heavy atom. The second-order valence-corrected chi connectivity index (χ2v) is 6.63. The molecule has 0 aliphatic rings. The van der Waals surface area contributed by atoms with E-state index in [2.05, 4.69) is 36.3 Å². The number of nitrogens with zero attached hydrogens (tertiary/aromatic N) is 2. The Kier molecular flexibility index (Phi) is 5.02. The van der Waals surface area contributed by atoms with Crippen molar-refractivity contribution in [3.8, 4) is 16.9 Å². The van der Waals surface area contributed by atoms with E-state index in [-0.39, 0.29) is 6.61 Å². The third-order valence-electron chi connectivity index (χ3n) is 4.43. The van der Waals surface area contributed by atoms with Crippen molar-refractivity contribution in [2.24, 2.45) is 0 Å². The highest BCUT2D eigenvalue weighted by molar-refractivity contribution is 5.63. The molecule has 1 unspecified atom stereocenters. The summed E-state index contributed by atoms with van der Waals surface area (Å²) in [6, 6.07) is 20.1. The Morgan fingerprint density at radius 3 is 2.36 bits per heavy atom. The average Bonchev–Trinajstić information content (AvgIpc) is 3.08. The fraction of sp³-hybridized carbons (Fsp3) is 0.286. The van der Waals surface area contributed by atoms with Gasteiger partial charge in [0.05, 0.1) is 17.1 Å². The number of benzene rings is 2. The van der Waals surface area contributed by atoms with Gasteiger partial charge in [0.25, 0.3) is 0 Å². The Hall–Kier alpha value is -2.43. The number of aryl methyl sites for hydroxylation is 1. The second kappa shape index (κ2) is 7.21. The molecule has 1 heterocycles. The number of hydrogen-bond acceptors (Lipinski definition) is 3. The van der Waals surface area contributed by atoms with E-state index in [0.717, 1.165) is 16.9 Å². The van der Waals surface area contributed by atoms with E-state index in [0.29, 0.717) is 18.5 Å². The summed E-state index contributed by atoms with van der Waals surface area (Å²) in [4.78, 5) is 0. The largest absolute Gasteiger partial charge is 0.396 e. The van der Waals surface area contributed by atoms with Crippen molar-refractivity contribution in [3.63, 3.8) is 0 Å². The summed E-state index contributed by atoms with van der Waals surface area (Å²) in [7, 11) is 0. The molecule has 1 aromatic heterocycles. The summed E-state index contributed by atoms with van der Waals surface area (Å²) in [5.41, 5.74) is 3.66. The van der Waals surface area contributed by atoms with Crippen molar-refractivity contribution in [2.45, 2.75) is 32.3 Å². The van der Waals surface area contributed by atoms with Crippen LogP contribution in [0.1, 0.15) is 31.0 Å². The molecule has 1 atom stereocenters. The van der Waals surface area contributed by atoms with Gasteiger partial charge in [-0.25, -0.2) is 4.68 Å². The average molecular weight is 336 g/mol. The number of aliphatic hydroxyl groups excluding tert-OH is 1. The summed E-state index contributed by atoms with van der Waals surface area (Å²) in [5.74, 6) is 0. The van der Waals surface area contributed by atoms with Crippen LogP contribution in [0.2, 0.25) is 0 Å². The summed E-state index contributed by atoms with van der Waals surface area (Å²) >= 11 is 0. The van der Waals surface area contributed by atoms with Gasteiger partial charge < -0.3 is 10.2 Å². The standard InChI is InChI=1S/C21H24N2O2/c1-16-9-11-17(12-10-16)19-15-20(21(2,25)13-6-14-24)22-23(19)18-7-4-3-5-8-18/h3-5,7-12,15,24-25H,6,13-14H2,1-2H3. The van der Waals surface area contributed by atoms with Crippen molar-refractivity contribution >= 4 is 0 Å². The van der Waals surface area contributed by atoms with E-state index in [4.69, 9.17) is 5.11 Å². The molecule has 3 aromatic rings. The predicted octanol–water partition coefficient (Wildman–Crippen LogP) is 3.83. The fourth-order valence-electron chi connectivity index (χ4n) is 2.89. The number of aromatic nitrogens is 2. The highest BCUT2D eigenvalue weighted by Crippen LogP contribution is 2.31. The van der Waals surface area contributed by atoms with Crippen LogP contribution in [0.4, 0.5) is 0 Å². The van der Waals surface area contributed by atoms with Crippen LogP contribution in [0.5, 0.6) is 0 Å². The van der Waals surface area contributed by atoms with Gasteiger partial charge in [-0.05, 0) is 44.9 Å². The maximum absolute atomic E-state index is 10.8. The summed E-state index contributed by atoms with van der Waals surface area (Å²) in [6.07, 6.45) is 0.994. The maximum atomic E-state index is 10.8. The van der Waals surface area contributed by atoms with Crippen LogP contribution in [0.3, 0.4) is 0 Å². The molecule has 0 fully saturated rings. The van der Waals surface area contributed by atoms with Gasteiger partial charge >= 0.3 is 0 Å². The van der Waals surface area contributed by atoms with Gasteiger partial charge in [0.1, 0.15) is 5.60 Å². The van der Waals surface area contributed by atoms with Crippen LogP contribution < -0.4 is 0 Å². The van der Waals surface area contributed by atoms with Crippen LogP contribution in [-0.2, 0) is 5.60 Å². The summed E-state index contributed by atoms with van der Waals surface area (Å²) < 4.78 is 1.87. The first kappa shape index (κ1) is 17.4. The zero-order chi connectivity index (χ0) is 17.9. The Morgan fingerprint density at radius 2 is 1.72 bits per heavy atom. The van der Waals surface area contributed by atoms with Crippen molar-refractivity contribution < 1.29 is 10.2 Å². The Labute approximate surface area is 148 Å². The minimum absolute atomic E-state index is 0.0559. The number of rotatable bonds is 6. The van der Waals surface area contributed by atoms with Crippen molar-refractivity contribution in [3.05, 3.63) is 71.9 Å². The lowest BCUT2D eigenvalue weighted by Gasteiger charge is -2.20. The molecule has 0 bridgehead atoms. The lowest BCUT2D eigenvalue weighted by Crippen LogP contribution is -2.22. The zero-order valence-corrected chi connectivity index (χ0v) is 14.7. The lowest BCUT2D eigenvalue weighted by molar-refractivity contribution is 0.0357. The van der Waals surface area contributed by atoms with Gasteiger partial charge in [0, 0.05) is 12.2 Å². The van der Waals surface area contributed by atoms with Gasteiger partial charge in [-0.3, -0.25) is 0 Å². The van der Waals surface area contributed by atoms with E-state index in [1.807, 2.05) is 41.1 Å². The molecule has 2 aromatic carbocycles. The van der Waals surface area contributed by atoms with Gasteiger partial charge in [-0.2, -0.15) is 5.10 Å². The molecular weight excluding hydrogens is 312 g/mol. The molecule has 130 valence electrons. The first-order valence-electron chi connectivity index (χ1n) is 8.57. The van der Waals surface area contributed by atoms with Crippen molar-refractivity contribution in [1.29, 1.82) is 0 Å². The first-order valence-corrected chi connectivity index (χ1v) is 8.57. The maximum Gasteiger partial charge on any atom is 0.106 e. The van der Waals surface area contributed by atoms with Gasteiger partial charge in [0.15, 0.2) is 0 Å². The molecule has 0 aliphatic heterocycles. The van der Waals surface area contributed by atoms with Gasteiger partial charge in [0.2, 0.25) is 0 Å². The molecule has 4 nitrogen and oxygen atoms in total. The van der Waals surface area contributed by atoms with Gasteiger partial charge in [-0.1, -0.05) is 48.0 Å². The fourth-order valence-corrected chi connectivity index (χ4v) is 2.89. The highest BCUT2D eigenvalue weighted by atomic mass is 16.3. The molecule has 0 saturated heterocycles. The number of hydrogen-bond donors (Lipinski definition) is 2. The van der Waals surface area contributed by atoms with E-state index < -0.39 is 5.60 Å². The molecule has 0 aliphatic carbocycles. The third kappa shape index (κ3) is 3.81. The Bertz CT molecular complexity index is 821. The van der Waals surface area contributed by atoms with Crippen LogP contribution >= 0.6 is 0 Å². The second-order valence-electron chi connectivity index (χ2n) is 6.63. The molecule has 4 heteroatoms. The molecule has 0 amide bonds. The molecule has 3 rings (SSSR count). The highest BCUT2D eigenvalue weighted by Gasteiger charge is 2.27. The van der Waals surface area contributed by atoms with Gasteiger partial charge in [-0.15, -0.1) is 0 Å². The molecule has 25 heavy (non-hydrogen) atoms. The van der Waals surface area contributed by atoms with Crippen molar-refractivity contribution in [1.82, 2.24) is 9.78 Å². The smallest absolute Gasteiger partial charge is 0.106 e. The van der Waals surface area contributed by atoms with E-state index in [9.17, 15) is 5.11 Å². The molecule has 0 radical (unpaired) electrons. The molecule has 0 saturated carbocycles. The van der Waals surface area contributed by atoms with E-state index in [1.54, 1.807) is 6.92 Å². The lowest BCUT2D eigenvalue weighted by atomic mass is 9.95. The molecular formula is C21H24N2O2. The van der Waals surface area contributed by atoms with Crippen LogP contribution in [0.15, 0.2) is 60.7 Å². The monoisotopic (exact) mass is 336 g/mol. The number of aliphatic hydroxyl groups is 2. The molecule has 0 spiro atoms. The van der Waals surface area contributed by atoms with Crippen LogP contribution in [-0.4, -0.2) is 26.6 Å². The molecule has 2 N–H and O–H groups in total. The summed E-state index contributed by atoms with van der Waals surface area (Å²) in [6.45, 7) is 3.86. The van der Waals surface area contributed by atoms with Crippen molar-refractivity contribution in [2.75, 3.05) is 6.61 Å². The minimum atomic E-state index is -1.08. The first-order chi connectivity index (χ1) is 12.0. The summed E-state index contributed by atoms with van der Waals surface area (Å²) in [5, 5.41) is 24.6. The Balaban J connectivity index is 2.10. The van der Waals surface area contributed by atoms with E-state index in [1.165, 1.54) is 5.56 Å². The van der Waals surface area contributed by atoms with Crippen LogP contribution in [0, 0.1) is 6.92 Å². The third-order valence-corrected chi connectivity index (χ3v) is 4.43. The zero-order valence-electron chi connectivity index (χ0n) is 14.7. The minimum Gasteiger partial charge on any atom is -0.396 e. The predicted molar refractivity (Wildman–Crippen MR) is 99.6 cm³/mol. The van der Waals surface area contributed by atoms with E-state index >= 15 is 0 Å². The topological polar surface area (TPSA) is 58.3 Å². The quantitative estimate of drug-likeness (QED) is 0.719. The number of para-hydroxylation sites is 1. The SMILES string of the molecule is Cc1ccc(-c2cc(C(C)(O)CCCO)nn2-c2ccccc2)cc1.